The van der Waals surface area contributed by atoms with E-state index < -0.39 is 5.97 Å². The lowest BCUT2D eigenvalue weighted by molar-refractivity contribution is -0.141. The summed E-state index contributed by atoms with van der Waals surface area (Å²) in [5.41, 5.74) is 0.390. The van der Waals surface area contributed by atoms with E-state index in [1.165, 1.54) is 25.7 Å². The zero-order valence-electron chi connectivity index (χ0n) is 9.12. The van der Waals surface area contributed by atoms with Crippen molar-refractivity contribution in [3.63, 3.8) is 0 Å². The molecule has 3 unspecified atom stereocenters. The molecule has 0 spiro atoms. The van der Waals surface area contributed by atoms with Crippen LogP contribution in [0.4, 0.5) is 0 Å². The minimum Gasteiger partial charge on any atom is -0.481 e. The molecule has 14 heavy (non-hydrogen) atoms. The lowest BCUT2D eigenvalue weighted by atomic mass is 9.53. The standard InChI is InChI=1S/C12H20O2/c1-12(2)7-8-3-4-10(12)9(5-8)6-11(13)14/h8-10H,3-7H2,1-2H3,(H,13,14). The number of rotatable bonds is 2. The van der Waals surface area contributed by atoms with Crippen molar-refractivity contribution in [3.8, 4) is 0 Å². The Labute approximate surface area is 85.7 Å². The zero-order valence-corrected chi connectivity index (χ0v) is 9.12. The molecule has 0 radical (unpaired) electrons. The Morgan fingerprint density at radius 2 is 2.14 bits per heavy atom. The van der Waals surface area contributed by atoms with Gasteiger partial charge in [0.2, 0.25) is 0 Å². The van der Waals surface area contributed by atoms with E-state index in [0.717, 1.165) is 5.92 Å². The van der Waals surface area contributed by atoms with E-state index in [9.17, 15) is 4.79 Å². The Morgan fingerprint density at radius 1 is 1.43 bits per heavy atom. The highest BCUT2D eigenvalue weighted by Crippen LogP contribution is 2.55. The molecule has 3 saturated carbocycles. The largest absolute Gasteiger partial charge is 0.481 e. The quantitative estimate of drug-likeness (QED) is 0.737. The average Bonchev–Trinajstić information content (AvgIpc) is 2.00. The molecule has 0 heterocycles. The number of hydrogen-bond donors (Lipinski definition) is 1. The van der Waals surface area contributed by atoms with Crippen LogP contribution in [0.3, 0.4) is 0 Å². The van der Waals surface area contributed by atoms with Crippen molar-refractivity contribution in [3.05, 3.63) is 0 Å². The molecule has 2 bridgehead atoms. The average molecular weight is 196 g/mol. The number of carboxylic acid groups (broad SMARTS) is 1. The second kappa shape index (κ2) is 3.25. The summed E-state index contributed by atoms with van der Waals surface area (Å²) in [7, 11) is 0. The number of fused-ring (bicyclic) bond motifs is 3. The van der Waals surface area contributed by atoms with Crippen molar-refractivity contribution in [1.29, 1.82) is 0 Å². The number of aliphatic carboxylic acids is 1. The Balaban J connectivity index is 2.10. The van der Waals surface area contributed by atoms with Gasteiger partial charge in [-0.1, -0.05) is 20.3 Å². The second-order valence-electron chi connectivity index (χ2n) is 5.84. The second-order valence-corrected chi connectivity index (χ2v) is 5.84. The van der Waals surface area contributed by atoms with Crippen molar-refractivity contribution < 1.29 is 9.90 Å². The normalized spacial score (nSPS) is 39.7. The topological polar surface area (TPSA) is 37.3 Å². The van der Waals surface area contributed by atoms with Gasteiger partial charge in [0.1, 0.15) is 0 Å². The van der Waals surface area contributed by atoms with Gasteiger partial charge in [0.15, 0.2) is 0 Å². The van der Waals surface area contributed by atoms with Crippen LogP contribution in [0.25, 0.3) is 0 Å². The van der Waals surface area contributed by atoms with Crippen LogP contribution in [0.5, 0.6) is 0 Å². The van der Waals surface area contributed by atoms with Crippen LogP contribution < -0.4 is 0 Å². The predicted octanol–water partition coefficient (Wildman–Crippen LogP) is 2.92. The Kier molecular flexibility index (Phi) is 2.32. The van der Waals surface area contributed by atoms with Crippen LogP contribution in [0, 0.1) is 23.2 Å². The SMILES string of the molecule is CC1(C)CC2CCC1C(CC(=O)O)C2. The van der Waals surface area contributed by atoms with E-state index in [2.05, 4.69) is 13.8 Å². The zero-order chi connectivity index (χ0) is 10.3. The van der Waals surface area contributed by atoms with E-state index in [4.69, 9.17) is 5.11 Å². The van der Waals surface area contributed by atoms with Gasteiger partial charge < -0.3 is 5.11 Å². The monoisotopic (exact) mass is 196 g/mol. The lowest BCUT2D eigenvalue weighted by Crippen LogP contribution is -2.44. The molecule has 80 valence electrons. The third-order valence-electron chi connectivity index (χ3n) is 4.35. The highest BCUT2D eigenvalue weighted by molar-refractivity contribution is 5.67. The third-order valence-corrected chi connectivity index (χ3v) is 4.35. The van der Waals surface area contributed by atoms with Crippen molar-refractivity contribution in [2.24, 2.45) is 23.2 Å². The first-order valence-corrected chi connectivity index (χ1v) is 5.71. The van der Waals surface area contributed by atoms with Crippen LogP contribution in [-0.2, 0) is 4.79 Å². The molecule has 3 aliphatic rings. The van der Waals surface area contributed by atoms with Gasteiger partial charge in [-0.2, -0.15) is 0 Å². The molecule has 3 aliphatic carbocycles. The van der Waals surface area contributed by atoms with Gasteiger partial charge >= 0.3 is 5.97 Å². The van der Waals surface area contributed by atoms with Crippen molar-refractivity contribution in [2.45, 2.75) is 46.0 Å². The molecule has 0 aliphatic heterocycles. The summed E-state index contributed by atoms with van der Waals surface area (Å²) in [5.74, 6) is 1.30. The van der Waals surface area contributed by atoms with Gasteiger partial charge in [-0.15, -0.1) is 0 Å². The van der Waals surface area contributed by atoms with Crippen LogP contribution in [0.1, 0.15) is 46.0 Å². The van der Waals surface area contributed by atoms with Gasteiger partial charge in [0.25, 0.3) is 0 Å². The van der Waals surface area contributed by atoms with Crippen LogP contribution in [0.15, 0.2) is 0 Å². The molecule has 0 aromatic heterocycles. The van der Waals surface area contributed by atoms with Gasteiger partial charge in [0, 0.05) is 6.42 Å². The number of carboxylic acids is 1. The highest BCUT2D eigenvalue weighted by Gasteiger charge is 2.46. The first-order valence-electron chi connectivity index (χ1n) is 5.71. The summed E-state index contributed by atoms with van der Waals surface area (Å²) in [4.78, 5) is 10.8. The summed E-state index contributed by atoms with van der Waals surface area (Å²) >= 11 is 0. The minimum atomic E-state index is -0.613. The Morgan fingerprint density at radius 3 is 2.64 bits per heavy atom. The van der Waals surface area contributed by atoms with Gasteiger partial charge in [-0.25, -0.2) is 0 Å². The van der Waals surface area contributed by atoms with Crippen molar-refractivity contribution in [2.75, 3.05) is 0 Å². The van der Waals surface area contributed by atoms with E-state index >= 15 is 0 Å². The van der Waals surface area contributed by atoms with Gasteiger partial charge in [0.05, 0.1) is 0 Å². The summed E-state index contributed by atoms with van der Waals surface area (Å²) in [6.45, 7) is 4.63. The van der Waals surface area contributed by atoms with E-state index in [-0.39, 0.29) is 0 Å². The lowest BCUT2D eigenvalue weighted by Gasteiger charge is -2.52. The molecular formula is C12H20O2. The summed E-state index contributed by atoms with van der Waals surface area (Å²) in [5, 5.41) is 8.86. The first kappa shape index (κ1) is 10.0. The maximum absolute atomic E-state index is 10.8. The predicted molar refractivity (Wildman–Crippen MR) is 55.0 cm³/mol. The Bertz CT molecular complexity index is 245. The maximum Gasteiger partial charge on any atom is 0.303 e. The summed E-state index contributed by atoms with van der Waals surface area (Å²) in [6.07, 6.45) is 5.47. The van der Waals surface area contributed by atoms with Crippen LogP contribution >= 0.6 is 0 Å². The fraction of sp³-hybridized carbons (Fsp3) is 0.917. The highest BCUT2D eigenvalue weighted by atomic mass is 16.4. The van der Waals surface area contributed by atoms with Crippen LogP contribution in [0.2, 0.25) is 0 Å². The summed E-state index contributed by atoms with van der Waals surface area (Å²) < 4.78 is 0. The Hall–Kier alpha value is -0.530. The molecule has 3 atom stereocenters. The van der Waals surface area contributed by atoms with E-state index in [0.29, 0.717) is 23.7 Å². The molecule has 1 N–H and O–H groups in total. The fourth-order valence-electron chi connectivity index (χ4n) is 3.92. The summed E-state index contributed by atoms with van der Waals surface area (Å²) in [6, 6.07) is 0. The molecule has 3 rings (SSSR count). The number of hydrogen-bond acceptors (Lipinski definition) is 1. The molecule has 0 aromatic carbocycles. The molecular weight excluding hydrogens is 176 g/mol. The van der Waals surface area contributed by atoms with Crippen LogP contribution in [-0.4, -0.2) is 11.1 Å². The van der Waals surface area contributed by atoms with E-state index in [1.54, 1.807) is 0 Å². The number of carbonyl (C=O) groups is 1. The smallest absolute Gasteiger partial charge is 0.303 e. The van der Waals surface area contributed by atoms with Gasteiger partial charge in [-0.3, -0.25) is 4.79 Å². The molecule has 2 nitrogen and oxygen atoms in total. The molecule has 0 aromatic rings. The molecule has 2 heteroatoms. The molecule has 3 fully saturated rings. The fourth-order valence-corrected chi connectivity index (χ4v) is 3.92. The van der Waals surface area contributed by atoms with Crippen molar-refractivity contribution >= 4 is 5.97 Å². The molecule has 0 amide bonds. The maximum atomic E-state index is 10.8. The van der Waals surface area contributed by atoms with Gasteiger partial charge in [-0.05, 0) is 42.4 Å². The minimum absolute atomic E-state index is 0.390. The van der Waals surface area contributed by atoms with Crippen molar-refractivity contribution in [1.82, 2.24) is 0 Å². The third kappa shape index (κ3) is 1.67. The van der Waals surface area contributed by atoms with E-state index in [1.807, 2.05) is 0 Å². The first-order chi connectivity index (χ1) is 6.49. The molecule has 0 saturated heterocycles.